The molecule has 3 aromatic rings. The standard InChI is InChI=1S/C24H25Cl2N5O4/c1-5-18(32)30-8-6-14(7-9-30)31-22-13(12-28-24(27-2)29-22)10-15(23(31)33)19-20(25)16(34-3)11-17(35-4)21(19)26/h5,10-12,14H,1,6-9H2,2-4H3,(H,27,28,29). The molecule has 9 nitrogen and oxygen atoms in total. The molecule has 1 aliphatic rings. The average molecular weight is 518 g/mol. The van der Waals surface area contributed by atoms with Gasteiger partial charge < -0.3 is 19.7 Å². The highest BCUT2D eigenvalue weighted by Gasteiger charge is 2.28. The van der Waals surface area contributed by atoms with E-state index >= 15 is 0 Å². The van der Waals surface area contributed by atoms with Gasteiger partial charge in [0.2, 0.25) is 11.9 Å². The summed E-state index contributed by atoms with van der Waals surface area (Å²) in [6.45, 7) is 4.55. The van der Waals surface area contributed by atoms with Crippen LogP contribution in [0.25, 0.3) is 22.2 Å². The van der Waals surface area contributed by atoms with Crippen LogP contribution in [0.15, 0.2) is 35.8 Å². The van der Waals surface area contributed by atoms with Crippen molar-refractivity contribution in [3.8, 4) is 22.6 Å². The molecule has 0 saturated carbocycles. The normalized spacial score (nSPS) is 14.1. The molecular weight excluding hydrogens is 493 g/mol. The van der Waals surface area contributed by atoms with Crippen molar-refractivity contribution in [3.63, 3.8) is 0 Å². The van der Waals surface area contributed by atoms with E-state index in [1.807, 2.05) is 0 Å². The minimum Gasteiger partial charge on any atom is -0.495 e. The number of carbonyl (C=O) groups excluding carboxylic acids is 1. The minimum atomic E-state index is -0.314. The van der Waals surface area contributed by atoms with Crippen LogP contribution in [-0.2, 0) is 4.79 Å². The molecule has 0 spiro atoms. The maximum atomic E-state index is 14.0. The van der Waals surface area contributed by atoms with Gasteiger partial charge in [0, 0.05) is 49.4 Å². The van der Waals surface area contributed by atoms with E-state index < -0.39 is 0 Å². The summed E-state index contributed by atoms with van der Waals surface area (Å²) in [6, 6.07) is 3.04. The summed E-state index contributed by atoms with van der Waals surface area (Å²) in [4.78, 5) is 36.7. The Bertz CT molecular complexity index is 1340. The zero-order chi connectivity index (χ0) is 25.3. The van der Waals surface area contributed by atoms with Gasteiger partial charge in [-0.15, -0.1) is 0 Å². The molecule has 0 aliphatic carbocycles. The molecule has 0 radical (unpaired) electrons. The van der Waals surface area contributed by atoms with E-state index in [-0.39, 0.29) is 33.1 Å². The number of anilines is 1. The van der Waals surface area contributed by atoms with Crippen LogP contribution in [0.5, 0.6) is 11.5 Å². The number of nitrogens with one attached hydrogen (secondary N) is 1. The van der Waals surface area contributed by atoms with Crippen LogP contribution in [0.2, 0.25) is 10.0 Å². The summed E-state index contributed by atoms with van der Waals surface area (Å²) in [7, 11) is 4.66. The number of ether oxygens (including phenoxy) is 2. The lowest BCUT2D eigenvalue weighted by atomic mass is 10.0. The minimum absolute atomic E-state index is 0.128. The van der Waals surface area contributed by atoms with E-state index in [4.69, 9.17) is 32.7 Å². The molecular formula is C24H25Cl2N5O4. The Balaban J connectivity index is 1.96. The number of rotatable bonds is 6. The number of fused-ring (bicyclic) bond motifs is 1. The van der Waals surface area contributed by atoms with Gasteiger partial charge in [0.05, 0.1) is 29.8 Å². The monoisotopic (exact) mass is 517 g/mol. The molecule has 2 aromatic heterocycles. The lowest BCUT2D eigenvalue weighted by Crippen LogP contribution is -2.40. The number of pyridine rings is 1. The highest BCUT2D eigenvalue weighted by molar-refractivity contribution is 6.41. The number of amides is 1. The van der Waals surface area contributed by atoms with Gasteiger partial charge in [-0.25, -0.2) is 4.98 Å². The third-order valence-corrected chi connectivity index (χ3v) is 6.91. The van der Waals surface area contributed by atoms with Crippen molar-refractivity contribution in [1.82, 2.24) is 19.4 Å². The molecule has 0 unspecified atom stereocenters. The number of carbonyl (C=O) groups is 1. The van der Waals surface area contributed by atoms with Crippen molar-refractivity contribution in [1.29, 1.82) is 0 Å². The van der Waals surface area contributed by atoms with Gasteiger partial charge >= 0.3 is 0 Å². The lowest BCUT2D eigenvalue weighted by Gasteiger charge is -2.33. The number of nitrogens with zero attached hydrogens (tertiary/aromatic N) is 4. The Labute approximate surface area is 212 Å². The van der Waals surface area contributed by atoms with Gasteiger partial charge in [-0.2, -0.15) is 4.98 Å². The van der Waals surface area contributed by atoms with Crippen molar-refractivity contribution in [2.75, 3.05) is 39.7 Å². The summed E-state index contributed by atoms with van der Waals surface area (Å²) in [5, 5.41) is 3.94. The largest absolute Gasteiger partial charge is 0.495 e. The zero-order valence-corrected chi connectivity index (χ0v) is 21.1. The lowest BCUT2D eigenvalue weighted by molar-refractivity contribution is -0.127. The van der Waals surface area contributed by atoms with Crippen molar-refractivity contribution >= 4 is 46.1 Å². The predicted molar refractivity (Wildman–Crippen MR) is 137 cm³/mol. The Hall–Kier alpha value is -3.30. The topological polar surface area (TPSA) is 98.6 Å². The smallest absolute Gasteiger partial charge is 0.260 e. The summed E-state index contributed by atoms with van der Waals surface area (Å²) in [5.74, 6) is 0.909. The van der Waals surface area contributed by atoms with E-state index in [9.17, 15) is 9.59 Å². The fraction of sp³-hybridized carbons (Fsp3) is 0.333. The summed E-state index contributed by atoms with van der Waals surface area (Å²) < 4.78 is 12.4. The first-order valence-corrected chi connectivity index (χ1v) is 11.7. The number of aromatic nitrogens is 3. The van der Waals surface area contributed by atoms with Crippen LogP contribution in [0.1, 0.15) is 18.9 Å². The Morgan fingerprint density at radius 1 is 1.17 bits per heavy atom. The molecule has 4 rings (SSSR count). The van der Waals surface area contributed by atoms with Gasteiger partial charge in [-0.1, -0.05) is 29.8 Å². The number of hydrogen-bond donors (Lipinski definition) is 1. The van der Waals surface area contributed by atoms with Gasteiger partial charge in [0.1, 0.15) is 17.1 Å². The molecule has 1 aliphatic heterocycles. The van der Waals surface area contributed by atoms with E-state index in [1.165, 1.54) is 20.3 Å². The first-order valence-electron chi connectivity index (χ1n) is 11.0. The Morgan fingerprint density at radius 3 is 2.34 bits per heavy atom. The quantitative estimate of drug-likeness (QED) is 0.489. The van der Waals surface area contributed by atoms with E-state index in [1.54, 1.807) is 34.8 Å². The molecule has 184 valence electrons. The SMILES string of the molecule is C=CC(=O)N1CCC(n2c(=O)c(-c3c(Cl)c(OC)cc(OC)c3Cl)cc3cnc(NC)nc32)CC1. The van der Waals surface area contributed by atoms with E-state index in [2.05, 4.69) is 21.9 Å². The van der Waals surface area contributed by atoms with Crippen LogP contribution in [-0.4, -0.2) is 59.7 Å². The summed E-state index contributed by atoms with van der Waals surface area (Å²) in [6.07, 6.45) is 4.08. The van der Waals surface area contributed by atoms with Gasteiger partial charge in [0.25, 0.3) is 5.56 Å². The van der Waals surface area contributed by atoms with E-state index in [0.29, 0.717) is 60.0 Å². The second-order valence-electron chi connectivity index (χ2n) is 8.00. The molecule has 1 amide bonds. The maximum absolute atomic E-state index is 14.0. The van der Waals surface area contributed by atoms with Crippen LogP contribution < -0.4 is 20.3 Å². The van der Waals surface area contributed by atoms with Crippen LogP contribution in [0.3, 0.4) is 0 Å². The third-order valence-electron chi connectivity index (χ3n) is 6.16. The van der Waals surface area contributed by atoms with Gasteiger partial charge in [-0.05, 0) is 25.0 Å². The fourth-order valence-corrected chi connectivity index (χ4v) is 5.06. The molecule has 0 atom stereocenters. The molecule has 35 heavy (non-hydrogen) atoms. The molecule has 1 saturated heterocycles. The highest BCUT2D eigenvalue weighted by atomic mass is 35.5. The second kappa shape index (κ2) is 10.1. The van der Waals surface area contributed by atoms with Crippen molar-refractivity contribution in [2.45, 2.75) is 18.9 Å². The van der Waals surface area contributed by atoms with Crippen LogP contribution in [0, 0.1) is 0 Å². The van der Waals surface area contributed by atoms with Crippen molar-refractivity contribution in [3.05, 3.63) is 51.4 Å². The predicted octanol–water partition coefficient (Wildman–Crippen LogP) is 4.17. The number of piperidine rings is 1. The summed E-state index contributed by atoms with van der Waals surface area (Å²) >= 11 is 13.3. The number of hydrogen-bond acceptors (Lipinski definition) is 7. The highest BCUT2D eigenvalue weighted by Crippen LogP contribution is 2.45. The average Bonchev–Trinajstić information content (AvgIpc) is 2.88. The van der Waals surface area contributed by atoms with Crippen molar-refractivity contribution < 1.29 is 14.3 Å². The molecule has 1 aromatic carbocycles. The summed E-state index contributed by atoms with van der Waals surface area (Å²) in [5.41, 5.74) is 0.747. The maximum Gasteiger partial charge on any atom is 0.260 e. The second-order valence-corrected chi connectivity index (χ2v) is 8.76. The zero-order valence-electron chi connectivity index (χ0n) is 19.6. The van der Waals surface area contributed by atoms with E-state index in [0.717, 1.165) is 0 Å². The first-order chi connectivity index (χ1) is 16.8. The van der Waals surface area contributed by atoms with Crippen molar-refractivity contribution in [2.24, 2.45) is 0 Å². The van der Waals surface area contributed by atoms with Gasteiger partial charge in [-0.3, -0.25) is 14.2 Å². The van der Waals surface area contributed by atoms with Crippen LogP contribution in [0.4, 0.5) is 5.95 Å². The van der Waals surface area contributed by atoms with Gasteiger partial charge in [0.15, 0.2) is 0 Å². The number of methoxy groups -OCH3 is 2. The Kier molecular flexibility index (Phi) is 7.18. The molecule has 0 bridgehead atoms. The number of likely N-dealkylation sites (tertiary alicyclic amines) is 1. The first kappa shape index (κ1) is 24.8. The Morgan fingerprint density at radius 2 is 1.80 bits per heavy atom. The fourth-order valence-electron chi connectivity index (χ4n) is 4.35. The number of halogens is 2. The number of benzene rings is 1. The van der Waals surface area contributed by atoms with Crippen LogP contribution >= 0.6 is 23.2 Å². The molecule has 11 heteroatoms. The molecule has 3 heterocycles. The molecule has 1 fully saturated rings. The third kappa shape index (κ3) is 4.41. The molecule has 1 N–H and O–H groups in total.